The first-order valence-electron chi connectivity index (χ1n) is 8.29. The summed E-state index contributed by atoms with van der Waals surface area (Å²) in [5, 5.41) is 7.00. The van der Waals surface area contributed by atoms with Crippen molar-refractivity contribution < 1.29 is 4.79 Å². The van der Waals surface area contributed by atoms with Gasteiger partial charge < -0.3 is 10.2 Å². The van der Waals surface area contributed by atoms with Crippen LogP contribution in [0.25, 0.3) is 0 Å². The predicted octanol–water partition coefficient (Wildman–Crippen LogP) is 1.26. The van der Waals surface area contributed by atoms with Gasteiger partial charge in [-0.1, -0.05) is 13.3 Å². The van der Waals surface area contributed by atoms with Crippen LogP contribution in [0.15, 0.2) is 16.9 Å². The zero-order valence-corrected chi connectivity index (χ0v) is 13.4. The highest BCUT2D eigenvalue weighted by Gasteiger charge is 2.11. The van der Waals surface area contributed by atoms with Crippen molar-refractivity contribution in [3.63, 3.8) is 0 Å². The van der Waals surface area contributed by atoms with Crippen LogP contribution in [0.1, 0.15) is 49.5 Å². The lowest BCUT2D eigenvalue weighted by Gasteiger charge is -2.26. The third kappa shape index (κ3) is 4.94. The lowest BCUT2D eigenvalue weighted by molar-refractivity contribution is 0.0943. The fourth-order valence-corrected chi connectivity index (χ4v) is 2.72. The van der Waals surface area contributed by atoms with Gasteiger partial charge in [0.05, 0.1) is 0 Å². The molecular formula is C16H26N4O2. The maximum atomic E-state index is 12.1. The van der Waals surface area contributed by atoms with Crippen LogP contribution in [0.2, 0.25) is 0 Å². The smallest absolute Gasteiger partial charge is 0.271 e. The number of likely N-dealkylation sites (tertiary alicyclic amines) is 1. The number of nitrogens with one attached hydrogen (secondary N) is 1. The lowest BCUT2D eigenvalue weighted by Crippen LogP contribution is -2.34. The van der Waals surface area contributed by atoms with Crippen LogP contribution in [0.3, 0.4) is 0 Å². The number of nitrogens with zero attached hydrogens (tertiary/aromatic N) is 3. The summed E-state index contributed by atoms with van der Waals surface area (Å²) in [6.45, 7) is 6.54. The van der Waals surface area contributed by atoms with Gasteiger partial charge in [0.15, 0.2) is 0 Å². The van der Waals surface area contributed by atoms with Crippen LogP contribution in [0.4, 0.5) is 0 Å². The first kappa shape index (κ1) is 16.7. The molecule has 1 amide bonds. The van der Waals surface area contributed by atoms with E-state index in [1.165, 1.54) is 49.2 Å². The number of rotatable bonds is 7. The van der Waals surface area contributed by atoms with Crippen LogP contribution < -0.4 is 10.9 Å². The Morgan fingerprint density at radius 2 is 2.00 bits per heavy atom. The van der Waals surface area contributed by atoms with Crippen molar-refractivity contribution in [3.8, 4) is 0 Å². The quantitative estimate of drug-likeness (QED) is 0.770. The highest BCUT2D eigenvalue weighted by molar-refractivity contribution is 5.91. The molecule has 0 aromatic carbocycles. The molecule has 2 rings (SSSR count). The number of amides is 1. The van der Waals surface area contributed by atoms with Crippen molar-refractivity contribution in [2.45, 2.75) is 45.6 Å². The topological polar surface area (TPSA) is 67.2 Å². The molecule has 0 spiro atoms. The largest absolute Gasteiger partial charge is 0.351 e. The molecule has 2 heterocycles. The summed E-state index contributed by atoms with van der Waals surface area (Å²) in [7, 11) is 0. The molecule has 0 unspecified atom stereocenters. The van der Waals surface area contributed by atoms with E-state index in [9.17, 15) is 9.59 Å². The third-order valence-corrected chi connectivity index (χ3v) is 3.92. The Morgan fingerprint density at radius 1 is 1.23 bits per heavy atom. The summed E-state index contributed by atoms with van der Waals surface area (Å²) in [6, 6.07) is 2.90. The Hall–Kier alpha value is -1.69. The molecule has 1 aliphatic heterocycles. The summed E-state index contributed by atoms with van der Waals surface area (Å²) < 4.78 is 1.35. The Labute approximate surface area is 131 Å². The predicted molar refractivity (Wildman–Crippen MR) is 86.0 cm³/mol. The second-order valence-electron chi connectivity index (χ2n) is 5.79. The fourth-order valence-electron chi connectivity index (χ4n) is 2.72. The van der Waals surface area contributed by atoms with Gasteiger partial charge in [0, 0.05) is 19.2 Å². The molecule has 1 saturated heterocycles. The first-order chi connectivity index (χ1) is 10.7. The van der Waals surface area contributed by atoms with Crippen molar-refractivity contribution >= 4 is 5.91 Å². The minimum Gasteiger partial charge on any atom is -0.351 e. The van der Waals surface area contributed by atoms with Crippen molar-refractivity contribution in [2.24, 2.45) is 0 Å². The highest BCUT2D eigenvalue weighted by Crippen LogP contribution is 2.08. The van der Waals surface area contributed by atoms with E-state index in [2.05, 4.69) is 15.3 Å². The van der Waals surface area contributed by atoms with E-state index in [0.717, 1.165) is 19.4 Å². The van der Waals surface area contributed by atoms with Crippen LogP contribution in [-0.4, -0.2) is 46.8 Å². The molecule has 1 aromatic heterocycles. The number of piperidine rings is 1. The summed E-state index contributed by atoms with van der Waals surface area (Å²) in [5.74, 6) is -0.205. The van der Waals surface area contributed by atoms with E-state index in [-0.39, 0.29) is 11.5 Å². The molecule has 1 aromatic rings. The molecule has 1 N–H and O–H groups in total. The normalized spacial score (nSPS) is 15.7. The Morgan fingerprint density at radius 3 is 2.73 bits per heavy atom. The Balaban J connectivity index is 1.77. The molecule has 0 radical (unpaired) electrons. The number of carbonyl (C=O) groups excluding carboxylic acids is 1. The van der Waals surface area contributed by atoms with E-state index in [0.29, 0.717) is 18.8 Å². The average Bonchev–Trinajstić information content (AvgIpc) is 2.54. The van der Waals surface area contributed by atoms with Crippen molar-refractivity contribution in [3.05, 3.63) is 28.2 Å². The number of hydrogen-bond donors (Lipinski definition) is 1. The Bertz CT molecular complexity index is 535. The van der Waals surface area contributed by atoms with Crippen molar-refractivity contribution in [2.75, 3.05) is 26.2 Å². The van der Waals surface area contributed by atoms with Gasteiger partial charge >= 0.3 is 0 Å². The molecule has 1 aliphatic rings. The lowest BCUT2D eigenvalue weighted by atomic mass is 10.1. The maximum Gasteiger partial charge on any atom is 0.271 e. The second-order valence-corrected chi connectivity index (χ2v) is 5.79. The number of aromatic nitrogens is 2. The number of carbonyl (C=O) groups is 1. The molecule has 0 saturated carbocycles. The van der Waals surface area contributed by atoms with Gasteiger partial charge in [-0.15, -0.1) is 0 Å². The van der Waals surface area contributed by atoms with Crippen LogP contribution in [-0.2, 0) is 6.54 Å². The zero-order chi connectivity index (χ0) is 15.8. The van der Waals surface area contributed by atoms with E-state index in [1.807, 2.05) is 6.92 Å². The molecule has 22 heavy (non-hydrogen) atoms. The molecule has 0 aliphatic carbocycles. The second kappa shape index (κ2) is 8.68. The maximum absolute atomic E-state index is 12.1. The average molecular weight is 306 g/mol. The van der Waals surface area contributed by atoms with E-state index >= 15 is 0 Å². The minimum atomic E-state index is -0.205. The molecule has 1 fully saturated rings. The molecule has 6 nitrogen and oxygen atoms in total. The van der Waals surface area contributed by atoms with Crippen LogP contribution in [0, 0.1) is 0 Å². The Kier molecular flexibility index (Phi) is 6.58. The number of hydrogen-bond acceptors (Lipinski definition) is 4. The number of aryl methyl sites for hydroxylation is 1. The van der Waals surface area contributed by atoms with Crippen LogP contribution >= 0.6 is 0 Å². The van der Waals surface area contributed by atoms with Crippen molar-refractivity contribution in [1.82, 2.24) is 20.0 Å². The summed E-state index contributed by atoms with van der Waals surface area (Å²) in [4.78, 5) is 26.1. The van der Waals surface area contributed by atoms with Gasteiger partial charge in [-0.2, -0.15) is 5.10 Å². The highest BCUT2D eigenvalue weighted by atomic mass is 16.2. The van der Waals surface area contributed by atoms with Gasteiger partial charge in [-0.25, -0.2) is 4.68 Å². The first-order valence-corrected chi connectivity index (χ1v) is 8.29. The minimum absolute atomic E-state index is 0.163. The zero-order valence-electron chi connectivity index (χ0n) is 13.4. The van der Waals surface area contributed by atoms with Crippen LogP contribution in [0.5, 0.6) is 0 Å². The molecule has 0 bridgehead atoms. The van der Waals surface area contributed by atoms with Gasteiger partial charge in [0.2, 0.25) is 0 Å². The van der Waals surface area contributed by atoms with E-state index in [1.54, 1.807) is 0 Å². The van der Waals surface area contributed by atoms with E-state index in [4.69, 9.17) is 0 Å². The third-order valence-electron chi connectivity index (χ3n) is 3.92. The summed E-state index contributed by atoms with van der Waals surface area (Å²) in [6.07, 6.45) is 5.67. The standard InChI is InChI=1S/C16H26N4O2/c1-2-10-20-15(21)8-7-14(18-20)16(22)17-9-6-13-19-11-4-3-5-12-19/h7-8H,2-6,9-13H2,1H3,(H,17,22). The monoisotopic (exact) mass is 306 g/mol. The van der Waals surface area contributed by atoms with E-state index < -0.39 is 0 Å². The molecule has 6 heteroatoms. The van der Waals surface area contributed by atoms with Gasteiger partial charge in [0.1, 0.15) is 5.69 Å². The molecule has 0 atom stereocenters. The van der Waals surface area contributed by atoms with Gasteiger partial charge in [-0.3, -0.25) is 9.59 Å². The SMILES string of the molecule is CCCn1nc(C(=O)NCCCN2CCCCC2)ccc1=O. The summed E-state index contributed by atoms with van der Waals surface area (Å²) >= 11 is 0. The summed E-state index contributed by atoms with van der Waals surface area (Å²) in [5.41, 5.74) is 0.148. The molecular weight excluding hydrogens is 280 g/mol. The molecule has 122 valence electrons. The van der Waals surface area contributed by atoms with Gasteiger partial charge in [-0.05, 0) is 51.4 Å². The van der Waals surface area contributed by atoms with Crippen molar-refractivity contribution in [1.29, 1.82) is 0 Å². The fraction of sp³-hybridized carbons (Fsp3) is 0.688. The van der Waals surface area contributed by atoms with Gasteiger partial charge in [0.25, 0.3) is 11.5 Å².